The molecule has 0 amide bonds. The Balaban J connectivity index is 0.000000106. The maximum Gasteiger partial charge on any atom is 0.360 e. The topological polar surface area (TPSA) is 140 Å². The van der Waals surface area contributed by atoms with Crippen molar-refractivity contribution in [1.29, 1.82) is 0 Å². The van der Waals surface area contributed by atoms with Crippen LogP contribution in [0, 0.1) is 27.7 Å². The quantitative estimate of drug-likeness (QED) is 0.126. The van der Waals surface area contributed by atoms with Gasteiger partial charge in [0.2, 0.25) is 45.9 Å². The Labute approximate surface area is 751 Å². The number of aromatic nitrogens is 24. The lowest BCUT2D eigenvalue weighted by Crippen LogP contribution is -2.40. The molecule has 0 saturated heterocycles. The van der Waals surface area contributed by atoms with Crippen LogP contribution in [0.25, 0.3) is 192 Å². The zero-order chi connectivity index (χ0) is 89.7. The maximum absolute atomic E-state index is 4.90. The van der Waals surface area contributed by atoms with E-state index in [0.29, 0.717) is 0 Å². The van der Waals surface area contributed by atoms with Crippen molar-refractivity contribution in [2.45, 2.75) is 27.7 Å². The molecule has 24 aromatic rings. The minimum atomic E-state index is 0.932. The number of para-hydroxylation sites is 14. The van der Waals surface area contributed by atoms with Gasteiger partial charge < -0.3 is 18.3 Å². The Hall–Kier alpha value is -16.2. The fourth-order valence-corrected chi connectivity index (χ4v) is 20.0. The Kier molecular flexibility index (Phi) is 19.5. The number of imidazole rings is 12. The molecule has 16 heterocycles. The lowest BCUT2D eigenvalue weighted by Gasteiger charge is -2.09. The summed E-state index contributed by atoms with van der Waals surface area (Å²) in [6.45, 7) is 8.74. The second kappa shape index (κ2) is 31.4. The van der Waals surface area contributed by atoms with E-state index in [1.807, 2.05) is 24.3 Å². The molecule has 0 unspecified atom stereocenters. The van der Waals surface area contributed by atoms with Gasteiger partial charge in [0.05, 0.1) is 86.4 Å². The van der Waals surface area contributed by atoms with Crippen molar-refractivity contribution >= 4 is 89.3 Å². The molecule has 0 fully saturated rings. The van der Waals surface area contributed by atoms with Crippen LogP contribution in [0.15, 0.2) is 304 Å². The average molecular weight is 1710 g/mol. The summed E-state index contributed by atoms with van der Waals surface area (Å²) in [5.41, 5.74) is 34.4. The van der Waals surface area contributed by atoms with Crippen molar-refractivity contribution in [2.24, 2.45) is 98.7 Å². The van der Waals surface area contributed by atoms with Crippen LogP contribution in [-0.4, -0.2) is 74.1 Å². The molecule has 0 spiro atoms. The molecule has 640 valence electrons. The summed E-state index contributed by atoms with van der Waals surface area (Å²) in [5.74, 6) is 8.34. The van der Waals surface area contributed by atoms with Gasteiger partial charge in [-0.1, -0.05) is 109 Å². The Morgan fingerprint density at radius 3 is 0.892 bits per heavy atom. The molecule has 130 heavy (non-hydrogen) atoms. The molecule has 24 rings (SSSR count). The van der Waals surface area contributed by atoms with Crippen molar-refractivity contribution in [3.63, 3.8) is 0 Å². The van der Waals surface area contributed by atoms with Crippen LogP contribution in [0.4, 0.5) is 0 Å². The smallest absolute Gasteiger partial charge is 0.308 e. The summed E-state index contributed by atoms with van der Waals surface area (Å²) in [5, 5.41) is 0. The molecule has 0 saturated carbocycles. The van der Waals surface area contributed by atoms with Gasteiger partial charge in [-0.3, -0.25) is 17.6 Å². The summed E-state index contributed by atoms with van der Waals surface area (Å²) < 4.78 is 44.5. The van der Waals surface area contributed by atoms with Gasteiger partial charge in [0.25, 0.3) is 22.8 Å². The molecule has 24 heteroatoms. The number of hydrogen-bond acceptors (Lipinski definition) is 4. The van der Waals surface area contributed by atoms with E-state index in [1.54, 1.807) is 0 Å². The molecule has 0 aliphatic heterocycles. The van der Waals surface area contributed by atoms with Crippen molar-refractivity contribution in [3.05, 3.63) is 327 Å². The lowest BCUT2D eigenvalue weighted by atomic mass is 10.1. The van der Waals surface area contributed by atoms with E-state index in [-0.39, 0.29) is 0 Å². The van der Waals surface area contributed by atoms with E-state index >= 15 is 0 Å². The first-order valence-corrected chi connectivity index (χ1v) is 43.9. The summed E-state index contributed by atoms with van der Waals surface area (Å²) in [7, 11) is 29.6. The van der Waals surface area contributed by atoms with Crippen LogP contribution in [-0.2, 0) is 98.7 Å². The van der Waals surface area contributed by atoms with Crippen LogP contribution in [0.3, 0.4) is 0 Å². The van der Waals surface area contributed by atoms with Crippen molar-refractivity contribution in [1.82, 2.24) is 74.1 Å². The van der Waals surface area contributed by atoms with Crippen LogP contribution in [0.1, 0.15) is 22.3 Å². The first-order chi connectivity index (χ1) is 63.0. The third-order valence-corrected chi connectivity index (χ3v) is 26.6. The minimum absolute atomic E-state index is 0.932. The van der Waals surface area contributed by atoms with E-state index < -0.39 is 0 Å². The second-order valence-electron chi connectivity index (χ2n) is 34.4. The van der Waals surface area contributed by atoms with Crippen molar-refractivity contribution in [2.75, 3.05) is 0 Å². The van der Waals surface area contributed by atoms with Crippen LogP contribution < -0.4 is 36.5 Å². The highest BCUT2D eigenvalue weighted by Crippen LogP contribution is 2.35. The monoisotopic (exact) mass is 1710 g/mol. The standard InChI is InChI=1S/C32H30N6.C28H28N6.C25H24N6.C21H22N6/c1-21-12-10-13-22(2)30(21)38-27-17-9-8-16-25(27)35(4)31(38)28-19-11-18-26(34(28)3)29-20-37-24-15-7-6-14-23(24)33-32(37)36(29)5;1-19-10-8-11-20(2)26(19)33-17-16-30(3)27(33)24-15-9-14-23(31(24)4)25-18-34-22-13-7-6-12-21(22)29-28(34)32(25)5;1-27-21(23-16-31-18-11-6-5-10-17(18)26-25(31)30(23)4)14-9-15-22(27)24-28(2)19-12-7-8-13-20(19)29(24)3;1-23-12-13-24(2)20(23)18-11-7-10-17(25(18)3)19-14-27-16-9-6-5-8-15(16)22-21(27)26(19)4/h6-20H,1-5H3;6-18H,1-5H3;5-16H,1-4H3;5-14H,1-4H3/q4*+2. The number of fused-ring (bicyclic) bond motifs is 14. The molecular weight excluding hydrogens is 1610 g/mol. The number of hydrogen-bond donors (Lipinski definition) is 0. The highest BCUT2D eigenvalue weighted by atomic mass is 15.3. The van der Waals surface area contributed by atoms with Gasteiger partial charge in [0.1, 0.15) is 87.1 Å². The third kappa shape index (κ3) is 12.8. The summed E-state index contributed by atoms with van der Waals surface area (Å²) in [6, 6.07) is 89.2. The summed E-state index contributed by atoms with van der Waals surface area (Å²) >= 11 is 0. The first kappa shape index (κ1) is 80.8. The molecular formula is C106H104N24+8. The number of nitrogens with zero attached hydrogens (tertiary/aromatic N) is 24. The van der Waals surface area contributed by atoms with Crippen LogP contribution in [0.5, 0.6) is 0 Å². The molecule has 0 aliphatic rings. The number of aryl methyl sites for hydroxylation is 14. The highest BCUT2D eigenvalue weighted by molar-refractivity contribution is 5.86. The molecule has 0 radical (unpaired) electrons. The van der Waals surface area contributed by atoms with Gasteiger partial charge in [0.15, 0.2) is 22.1 Å². The van der Waals surface area contributed by atoms with Gasteiger partial charge in [0, 0.05) is 102 Å². The first-order valence-electron chi connectivity index (χ1n) is 43.9. The predicted molar refractivity (Wildman–Crippen MR) is 510 cm³/mol. The third-order valence-electron chi connectivity index (χ3n) is 26.6. The van der Waals surface area contributed by atoms with Gasteiger partial charge >= 0.3 is 23.3 Å². The maximum atomic E-state index is 4.90. The van der Waals surface area contributed by atoms with Crippen molar-refractivity contribution < 1.29 is 36.5 Å². The van der Waals surface area contributed by atoms with E-state index in [4.69, 9.17) is 19.9 Å². The normalized spacial score (nSPS) is 11.8. The Morgan fingerprint density at radius 2 is 0.523 bits per heavy atom. The number of pyridine rings is 4. The second-order valence-corrected chi connectivity index (χ2v) is 34.4. The largest absolute Gasteiger partial charge is 0.360 e. The van der Waals surface area contributed by atoms with Gasteiger partial charge in [-0.25, -0.2) is 47.3 Å². The number of benzene rings is 8. The van der Waals surface area contributed by atoms with Gasteiger partial charge in [-0.15, -0.1) is 0 Å². The molecule has 0 aliphatic carbocycles. The van der Waals surface area contributed by atoms with Gasteiger partial charge in [-0.2, -0.15) is 27.4 Å². The summed E-state index contributed by atoms with van der Waals surface area (Å²) in [6.07, 6.45) is 17.2. The number of rotatable bonds is 10. The Bertz CT molecular complexity index is 8590. The molecule has 0 atom stereocenters. The molecule has 16 aromatic heterocycles. The fourth-order valence-electron chi connectivity index (χ4n) is 20.0. The molecule has 24 nitrogen and oxygen atoms in total. The lowest BCUT2D eigenvalue weighted by molar-refractivity contribution is -0.685. The predicted octanol–water partition coefficient (Wildman–Crippen LogP) is 15.0. The highest BCUT2D eigenvalue weighted by Gasteiger charge is 2.38. The van der Waals surface area contributed by atoms with Crippen molar-refractivity contribution in [3.8, 4) is 103 Å². The molecule has 0 N–H and O–H groups in total. The van der Waals surface area contributed by atoms with Crippen LogP contribution in [0.2, 0.25) is 0 Å². The zero-order valence-electron chi connectivity index (χ0n) is 76.6. The SMILES string of the molecule is Cc1cccc(C)c1-n1c(-c2cccc(-c3cn4c5ccccc5nc4n3C)[n+]2C)[n+](C)c2ccccc21.Cc1cccc(C)c1-n1cc[n+](C)c1-c1cccc(-c2cn3c4ccccc4nc3n2C)[n+]1C.Cn1c(-c2cccc(-c3cn4c5ccccc5nc4n3C)[n+]2C)[n+](C)c2ccccc21.Cn1cc[n+](C)c1-c1cccc(-c2cn3c4ccccc4nc3n2C)[n+]1C. The van der Waals surface area contributed by atoms with E-state index in [9.17, 15) is 0 Å². The molecule has 8 aromatic carbocycles. The van der Waals surface area contributed by atoms with E-state index in [0.717, 1.165) is 159 Å². The fraction of sp³-hybridized carbons (Fsp3) is 0.170. The summed E-state index contributed by atoms with van der Waals surface area (Å²) in [4.78, 5) is 19.4. The van der Waals surface area contributed by atoms with E-state index in [2.05, 4.69) is 497 Å². The van der Waals surface area contributed by atoms with Gasteiger partial charge in [-0.05, 0) is 147 Å². The molecule has 0 bridgehead atoms. The van der Waals surface area contributed by atoms with Crippen LogP contribution >= 0.6 is 0 Å². The average Bonchev–Trinajstić information content (AvgIpc) is 1.58. The minimum Gasteiger partial charge on any atom is -0.308 e. The Morgan fingerprint density at radius 1 is 0.238 bits per heavy atom. The van der Waals surface area contributed by atoms with E-state index in [1.165, 1.54) is 55.7 Å². The zero-order valence-corrected chi connectivity index (χ0v) is 76.6.